The molecule has 7 heteroatoms. The van der Waals surface area contributed by atoms with Crippen LogP contribution in [-0.2, 0) is 6.54 Å². The fourth-order valence-corrected chi connectivity index (χ4v) is 3.84. The third-order valence-corrected chi connectivity index (χ3v) is 5.27. The summed E-state index contributed by atoms with van der Waals surface area (Å²) in [7, 11) is 0. The predicted molar refractivity (Wildman–Crippen MR) is 111 cm³/mol. The summed E-state index contributed by atoms with van der Waals surface area (Å²) in [5.74, 6) is 1.28. The summed E-state index contributed by atoms with van der Waals surface area (Å²) < 4.78 is 2.13. The van der Waals surface area contributed by atoms with Gasteiger partial charge in [-0.3, -0.25) is 0 Å². The van der Waals surface area contributed by atoms with Gasteiger partial charge in [-0.05, 0) is 25.3 Å². The number of piperidine rings is 1. The molecule has 0 spiro atoms. The van der Waals surface area contributed by atoms with Crippen molar-refractivity contribution in [1.29, 1.82) is 0 Å². The van der Waals surface area contributed by atoms with Gasteiger partial charge in [0.15, 0.2) is 0 Å². The number of benzene rings is 1. The van der Waals surface area contributed by atoms with E-state index in [1.165, 1.54) is 5.56 Å². The maximum Gasteiger partial charge on any atom is 0.222 e. The van der Waals surface area contributed by atoms with E-state index in [9.17, 15) is 0 Å². The molecule has 1 aromatic carbocycles. The summed E-state index contributed by atoms with van der Waals surface area (Å²) >= 11 is 0. The van der Waals surface area contributed by atoms with Gasteiger partial charge in [0.25, 0.3) is 0 Å². The molecule has 0 radical (unpaired) electrons. The van der Waals surface area contributed by atoms with Gasteiger partial charge in [-0.2, -0.15) is 4.98 Å². The van der Waals surface area contributed by atoms with Gasteiger partial charge >= 0.3 is 0 Å². The molecule has 3 aromatic rings. The molecule has 1 aliphatic rings. The Morgan fingerprint density at radius 2 is 1.96 bits per heavy atom. The average Bonchev–Trinajstić information content (AvgIpc) is 3.21. The summed E-state index contributed by atoms with van der Waals surface area (Å²) in [5, 5.41) is 3.87. The van der Waals surface area contributed by atoms with Crippen molar-refractivity contribution in [3.8, 4) is 0 Å². The van der Waals surface area contributed by atoms with Crippen molar-refractivity contribution in [3.05, 3.63) is 66.4 Å². The number of rotatable bonds is 6. The number of nitrogen functional groups attached to an aromatic ring is 1. The lowest BCUT2D eigenvalue weighted by atomic mass is 10.0. The van der Waals surface area contributed by atoms with Crippen LogP contribution in [0.3, 0.4) is 0 Å². The highest BCUT2D eigenvalue weighted by atomic mass is 15.2. The number of hydrogen-bond acceptors (Lipinski definition) is 6. The SMILES string of the molecule is Cc1cc(N2CCC(NC(Cn3ccnc3)c3ccccc3)CC2)nc(N)n1. The first-order chi connectivity index (χ1) is 13.7. The number of anilines is 2. The zero-order valence-electron chi connectivity index (χ0n) is 16.2. The van der Waals surface area contributed by atoms with E-state index in [4.69, 9.17) is 5.73 Å². The number of nitrogens with one attached hydrogen (secondary N) is 1. The first-order valence-corrected chi connectivity index (χ1v) is 9.80. The van der Waals surface area contributed by atoms with Crippen molar-refractivity contribution in [2.24, 2.45) is 0 Å². The zero-order valence-corrected chi connectivity index (χ0v) is 16.2. The molecule has 4 rings (SSSR count). The second-order valence-corrected chi connectivity index (χ2v) is 7.38. The van der Waals surface area contributed by atoms with Gasteiger partial charge in [0.1, 0.15) is 5.82 Å². The van der Waals surface area contributed by atoms with Gasteiger partial charge < -0.3 is 20.5 Å². The molecular formula is C21H27N7. The lowest BCUT2D eigenvalue weighted by Crippen LogP contribution is -2.44. The van der Waals surface area contributed by atoms with Crippen molar-refractivity contribution in [3.63, 3.8) is 0 Å². The van der Waals surface area contributed by atoms with Crippen LogP contribution in [0.25, 0.3) is 0 Å². The fraction of sp³-hybridized carbons (Fsp3) is 0.381. The lowest BCUT2D eigenvalue weighted by Gasteiger charge is -2.35. The van der Waals surface area contributed by atoms with E-state index in [0.717, 1.165) is 44.0 Å². The van der Waals surface area contributed by atoms with Crippen molar-refractivity contribution < 1.29 is 0 Å². The Morgan fingerprint density at radius 1 is 1.18 bits per heavy atom. The number of imidazole rings is 1. The molecule has 146 valence electrons. The topological polar surface area (TPSA) is 84.9 Å². The second-order valence-electron chi connectivity index (χ2n) is 7.38. The molecule has 3 N–H and O–H groups in total. The van der Waals surface area contributed by atoms with Crippen LogP contribution in [0.4, 0.5) is 11.8 Å². The number of nitrogens with zero attached hydrogens (tertiary/aromatic N) is 5. The van der Waals surface area contributed by atoms with Gasteiger partial charge in [-0.25, -0.2) is 9.97 Å². The smallest absolute Gasteiger partial charge is 0.222 e. The standard InChI is InChI=1S/C21H27N7/c1-16-13-20(26-21(22)24-16)28-10-7-18(8-11-28)25-19(14-27-12-9-23-15-27)17-5-3-2-4-6-17/h2-6,9,12-13,15,18-19,25H,7-8,10-11,14H2,1H3,(H2,22,24,26). The Labute approximate surface area is 165 Å². The lowest BCUT2D eigenvalue weighted by molar-refractivity contribution is 0.346. The van der Waals surface area contributed by atoms with E-state index in [0.29, 0.717) is 12.0 Å². The molecule has 1 aliphatic heterocycles. The average molecular weight is 377 g/mol. The molecule has 0 saturated carbocycles. The van der Waals surface area contributed by atoms with Crippen LogP contribution in [0.2, 0.25) is 0 Å². The number of nitrogens with two attached hydrogens (primary N) is 1. The van der Waals surface area contributed by atoms with Gasteiger partial charge in [0.05, 0.1) is 12.4 Å². The quantitative estimate of drug-likeness (QED) is 0.687. The van der Waals surface area contributed by atoms with E-state index in [-0.39, 0.29) is 6.04 Å². The molecule has 1 unspecified atom stereocenters. The van der Waals surface area contributed by atoms with Gasteiger partial charge in [-0.1, -0.05) is 30.3 Å². The Morgan fingerprint density at radius 3 is 2.64 bits per heavy atom. The Balaban J connectivity index is 1.41. The van der Waals surface area contributed by atoms with Crippen LogP contribution in [0, 0.1) is 6.92 Å². The largest absolute Gasteiger partial charge is 0.368 e. The number of aromatic nitrogens is 4. The van der Waals surface area contributed by atoms with E-state index >= 15 is 0 Å². The Kier molecular flexibility index (Phi) is 5.53. The highest BCUT2D eigenvalue weighted by Crippen LogP contribution is 2.22. The van der Waals surface area contributed by atoms with Crippen molar-refractivity contribution >= 4 is 11.8 Å². The van der Waals surface area contributed by atoms with Crippen molar-refractivity contribution in [2.75, 3.05) is 23.7 Å². The third-order valence-electron chi connectivity index (χ3n) is 5.27. The van der Waals surface area contributed by atoms with E-state index < -0.39 is 0 Å². The summed E-state index contributed by atoms with van der Waals surface area (Å²) in [6.07, 6.45) is 7.85. The van der Waals surface area contributed by atoms with Crippen LogP contribution < -0.4 is 16.0 Å². The molecule has 0 bridgehead atoms. The predicted octanol–water partition coefficient (Wildman–Crippen LogP) is 2.56. The third kappa shape index (κ3) is 4.48. The Hall–Kier alpha value is -2.93. The minimum absolute atomic E-state index is 0.254. The van der Waals surface area contributed by atoms with Gasteiger partial charge in [-0.15, -0.1) is 0 Å². The molecule has 1 saturated heterocycles. The minimum Gasteiger partial charge on any atom is -0.368 e. The summed E-state index contributed by atoms with van der Waals surface area (Å²) in [5.41, 5.74) is 8.03. The van der Waals surface area contributed by atoms with Gasteiger partial charge in [0.2, 0.25) is 5.95 Å². The Bertz CT molecular complexity index is 851. The van der Waals surface area contributed by atoms with Crippen LogP contribution in [0.5, 0.6) is 0 Å². The van der Waals surface area contributed by atoms with E-state index in [2.05, 4.69) is 60.1 Å². The fourth-order valence-electron chi connectivity index (χ4n) is 3.84. The summed E-state index contributed by atoms with van der Waals surface area (Å²) in [4.78, 5) is 15.1. The van der Waals surface area contributed by atoms with E-state index in [1.807, 2.05) is 31.7 Å². The molecule has 1 fully saturated rings. The first kappa shape index (κ1) is 18.4. The maximum absolute atomic E-state index is 5.82. The van der Waals surface area contributed by atoms with E-state index in [1.54, 1.807) is 0 Å². The molecule has 1 atom stereocenters. The summed E-state index contributed by atoms with van der Waals surface area (Å²) in [6, 6.07) is 13.4. The monoisotopic (exact) mass is 377 g/mol. The first-order valence-electron chi connectivity index (χ1n) is 9.80. The molecule has 3 heterocycles. The summed E-state index contributed by atoms with van der Waals surface area (Å²) in [6.45, 7) is 4.74. The number of aryl methyl sites for hydroxylation is 1. The highest BCUT2D eigenvalue weighted by molar-refractivity contribution is 5.43. The molecule has 0 aliphatic carbocycles. The normalized spacial score (nSPS) is 16.2. The van der Waals surface area contributed by atoms with Crippen LogP contribution in [-0.4, -0.2) is 38.7 Å². The van der Waals surface area contributed by atoms with Crippen LogP contribution in [0.1, 0.15) is 30.1 Å². The van der Waals surface area contributed by atoms with Crippen LogP contribution in [0.15, 0.2) is 55.1 Å². The maximum atomic E-state index is 5.82. The van der Waals surface area contributed by atoms with Crippen LogP contribution >= 0.6 is 0 Å². The van der Waals surface area contributed by atoms with Gasteiger partial charge in [0, 0.05) is 49.8 Å². The van der Waals surface area contributed by atoms with Crippen molar-refractivity contribution in [2.45, 2.75) is 38.4 Å². The zero-order chi connectivity index (χ0) is 19.3. The number of hydrogen-bond donors (Lipinski definition) is 2. The highest BCUT2D eigenvalue weighted by Gasteiger charge is 2.24. The molecule has 0 amide bonds. The molecule has 28 heavy (non-hydrogen) atoms. The van der Waals surface area contributed by atoms with Crippen molar-refractivity contribution in [1.82, 2.24) is 24.8 Å². The molecule has 7 nitrogen and oxygen atoms in total. The molecular weight excluding hydrogens is 350 g/mol. The molecule has 2 aromatic heterocycles. The second kappa shape index (κ2) is 8.39. The minimum atomic E-state index is 0.254.